The Hall–Kier alpha value is -1.73. The summed E-state index contributed by atoms with van der Waals surface area (Å²) in [5, 5.41) is 1.60. The van der Waals surface area contributed by atoms with Crippen LogP contribution in [0.15, 0.2) is 59.6 Å². The van der Waals surface area contributed by atoms with E-state index in [-0.39, 0.29) is 10.4 Å². The smallest absolute Gasteiger partial charge is 0.245 e. The molecule has 0 unspecified atom stereocenters. The van der Waals surface area contributed by atoms with Crippen LogP contribution in [0.4, 0.5) is 0 Å². The highest BCUT2D eigenvalue weighted by atomic mass is 35.5. The Kier molecular flexibility index (Phi) is 5.80. The van der Waals surface area contributed by atoms with Gasteiger partial charge in [-0.15, -0.1) is 0 Å². The van der Waals surface area contributed by atoms with E-state index in [1.165, 1.54) is 0 Å². The van der Waals surface area contributed by atoms with Crippen molar-refractivity contribution in [1.82, 2.24) is 9.29 Å². The van der Waals surface area contributed by atoms with Crippen LogP contribution in [0.3, 0.4) is 0 Å². The maximum absolute atomic E-state index is 13.7. The standard InChI is InChI=1S/C22H24ClN2O2SSi/c1-3-29(4-2)20-15-25(14-17-9-5-11-18(23)21(17)20)28(26,27)19-12-6-8-16-10-7-13-24-22(16)19/h5-13,20H,3-4,14-15H2,1-2H3/t20-/m0/s1. The molecule has 0 amide bonds. The number of hydrogen-bond acceptors (Lipinski definition) is 3. The van der Waals surface area contributed by atoms with Crippen molar-refractivity contribution in [3.63, 3.8) is 0 Å². The molecule has 4 nitrogen and oxygen atoms in total. The molecule has 2 aromatic carbocycles. The zero-order chi connectivity index (χ0) is 20.6. The Balaban J connectivity index is 1.83. The number of fused-ring (bicyclic) bond motifs is 2. The lowest BCUT2D eigenvalue weighted by Gasteiger charge is -2.37. The van der Waals surface area contributed by atoms with Gasteiger partial charge >= 0.3 is 0 Å². The minimum atomic E-state index is -3.68. The Labute approximate surface area is 179 Å². The Morgan fingerprint density at radius 1 is 1.10 bits per heavy atom. The van der Waals surface area contributed by atoms with Gasteiger partial charge in [-0.05, 0) is 34.9 Å². The van der Waals surface area contributed by atoms with E-state index in [0.29, 0.717) is 18.6 Å². The van der Waals surface area contributed by atoms with Gasteiger partial charge in [-0.2, -0.15) is 4.31 Å². The highest BCUT2D eigenvalue weighted by Gasteiger charge is 2.38. The molecule has 2 heterocycles. The van der Waals surface area contributed by atoms with Crippen molar-refractivity contribution in [2.75, 3.05) is 6.54 Å². The lowest BCUT2D eigenvalue weighted by atomic mass is 10.0. The quantitative estimate of drug-likeness (QED) is 0.506. The van der Waals surface area contributed by atoms with Crippen LogP contribution in [0.1, 0.15) is 30.5 Å². The van der Waals surface area contributed by atoms with Crippen molar-refractivity contribution in [3.8, 4) is 0 Å². The summed E-state index contributed by atoms with van der Waals surface area (Å²) in [5.74, 6) is 0. The zero-order valence-electron chi connectivity index (χ0n) is 16.6. The summed E-state index contributed by atoms with van der Waals surface area (Å²) in [4.78, 5) is 4.65. The van der Waals surface area contributed by atoms with Gasteiger partial charge in [0.1, 0.15) is 4.90 Å². The second kappa shape index (κ2) is 8.18. The van der Waals surface area contributed by atoms with Crippen LogP contribution in [-0.4, -0.2) is 33.0 Å². The molecule has 3 aromatic rings. The number of para-hydroxylation sites is 1. The molecule has 0 fully saturated rings. The Bertz CT molecular complexity index is 1140. The average Bonchev–Trinajstić information content (AvgIpc) is 2.74. The van der Waals surface area contributed by atoms with Crippen molar-refractivity contribution in [2.45, 2.75) is 42.9 Å². The third kappa shape index (κ3) is 3.63. The van der Waals surface area contributed by atoms with Crippen LogP contribution in [0.5, 0.6) is 0 Å². The first-order chi connectivity index (χ1) is 14.0. The van der Waals surface area contributed by atoms with E-state index in [1.807, 2.05) is 36.4 Å². The van der Waals surface area contributed by atoms with E-state index < -0.39 is 18.8 Å². The molecule has 0 saturated heterocycles. The number of pyridine rings is 1. The van der Waals surface area contributed by atoms with E-state index >= 15 is 0 Å². The maximum Gasteiger partial charge on any atom is 0.245 e. The number of benzene rings is 2. The molecule has 1 aromatic heterocycles. The molecule has 1 atom stereocenters. The third-order valence-corrected chi connectivity index (χ3v) is 11.3. The molecule has 0 N–H and O–H groups in total. The SMILES string of the molecule is CC[Si](CC)[C@H]1CN(S(=O)(=O)c2cccc3cccnc23)Cc2cccc(Cl)c21. The average molecular weight is 444 g/mol. The van der Waals surface area contributed by atoms with Crippen molar-refractivity contribution in [1.29, 1.82) is 0 Å². The van der Waals surface area contributed by atoms with Gasteiger partial charge in [-0.3, -0.25) is 4.98 Å². The largest absolute Gasteiger partial charge is 0.255 e. The van der Waals surface area contributed by atoms with Crippen molar-refractivity contribution >= 4 is 41.3 Å². The Morgan fingerprint density at radius 2 is 1.83 bits per heavy atom. The summed E-state index contributed by atoms with van der Waals surface area (Å²) < 4.78 is 29.0. The molecule has 1 radical (unpaired) electrons. The lowest BCUT2D eigenvalue weighted by Crippen LogP contribution is -2.43. The van der Waals surface area contributed by atoms with E-state index in [2.05, 4.69) is 18.8 Å². The fourth-order valence-electron chi connectivity index (χ4n) is 4.34. The van der Waals surface area contributed by atoms with Gasteiger partial charge in [0, 0.05) is 29.7 Å². The molecule has 0 saturated carbocycles. The fourth-order valence-corrected chi connectivity index (χ4v) is 9.20. The zero-order valence-corrected chi connectivity index (χ0v) is 19.2. The molecule has 1 aliphatic heterocycles. The number of halogens is 1. The highest BCUT2D eigenvalue weighted by molar-refractivity contribution is 7.89. The summed E-state index contributed by atoms with van der Waals surface area (Å²) in [5.41, 5.74) is 2.90. The van der Waals surface area contributed by atoms with Gasteiger partial charge in [-0.25, -0.2) is 8.42 Å². The molecular weight excluding hydrogens is 420 g/mol. The molecule has 1 aliphatic rings. The van der Waals surface area contributed by atoms with E-state index in [4.69, 9.17) is 11.6 Å². The molecule has 4 rings (SSSR count). The molecule has 151 valence electrons. The van der Waals surface area contributed by atoms with Gasteiger partial charge in [0.2, 0.25) is 10.0 Å². The van der Waals surface area contributed by atoms with Crippen LogP contribution in [0.25, 0.3) is 10.9 Å². The predicted molar refractivity (Wildman–Crippen MR) is 120 cm³/mol. The first-order valence-electron chi connectivity index (χ1n) is 9.93. The van der Waals surface area contributed by atoms with E-state index in [9.17, 15) is 8.42 Å². The minimum absolute atomic E-state index is 0.185. The third-order valence-electron chi connectivity index (χ3n) is 5.84. The van der Waals surface area contributed by atoms with E-state index in [1.54, 1.807) is 22.6 Å². The summed E-state index contributed by atoms with van der Waals surface area (Å²) in [6.07, 6.45) is 1.64. The molecular formula is C22H24ClN2O2SSi. The van der Waals surface area contributed by atoms with Gasteiger partial charge in [0.15, 0.2) is 0 Å². The number of rotatable bonds is 5. The Morgan fingerprint density at radius 3 is 2.59 bits per heavy atom. The van der Waals surface area contributed by atoms with Crippen molar-refractivity contribution in [3.05, 3.63) is 70.9 Å². The molecule has 7 heteroatoms. The van der Waals surface area contributed by atoms with Crippen LogP contribution < -0.4 is 0 Å². The molecule has 0 spiro atoms. The lowest BCUT2D eigenvalue weighted by molar-refractivity contribution is 0.383. The van der Waals surface area contributed by atoms with Gasteiger partial charge in [0.05, 0.1) is 14.3 Å². The predicted octanol–water partition coefficient (Wildman–Crippen LogP) is 5.25. The summed E-state index contributed by atoms with van der Waals surface area (Å²) in [6.45, 7) is 5.24. The van der Waals surface area contributed by atoms with Gasteiger partial charge in [-0.1, -0.05) is 67.9 Å². The first-order valence-corrected chi connectivity index (χ1v) is 13.7. The number of hydrogen-bond donors (Lipinski definition) is 0. The number of aromatic nitrogens is 1. The highest BCUT2D eigenvalue weighted by Crippen LogP contribution is 2.39. The summed E-state index contributed by atoms with van der Waals surface area (Å²) in [7, 11) is -4.46. The number of sulfonamides is 1. The molecule has 0 bridgehead atoms. The van der Waals surface area contributed by atoms with Gasteiger partial charge in [0.25, 0.3) is 0 Å². The molecule has 29 heavy (non-hydrogen) atoms. The fraction of sp³-hybridized carbons (Fsp3) is 0.318. The number of nitrogens with zero attached hydrogens (tertiary/aromatic N) is 2. The second-order valence-corrected chi connectivity index (χ2v) is 13.1. The first kappa shape index (κ1) is 20.5. The van der Waals surface area contributed by atoms with Crippen molar-refractivity contribution < 1.29 is 8.42 Å². The topological polar surface area (TPSA) is 50.3 Å². The van der Waals surface area contributed by atoms with E-state index in [0.717, 1.165) is 33.6 Å². The maximum atomic E-state index is 13.7. The van der Waals surface area contributed by atoms with Crippen molar-refractivity contribution in [2.24, 2.45) is 0 Å². The summed E-state index contributed by atoms with van der Waals surface area (Å²) >= 11 is 6.59. The van der Waals surface area contributed by atoms with Gasteiger partial charge < -0.3 is 0 Å². The monoisotopic (exact) mass is 443 g/mol. The van der Waals surface area contributed by atoms with Crippen LogP contribution in [-0.2, 0) is 16.6 Å². The van der Waals surface area contributed by atoms with Crippen LogP contribution >= 0.6 is 11.6 Å². The molecule has 0 aliphatic carbocycles. The second-order valence-electron chi connectivity index (χ2n) is 7.36. The summed E-state index contributed by atoms with van der Waals surface area (Å²) in [6, 6.07) is 17.1. The van der Waals surface area contributed by atoms with Crippen LogP contribution in [0, 0.1) is 0 Å². The minimum Gasteiger partial charge on any atom is -0.255 e. The normalized spacial score (nSPS) is 17.6. The van der Waals surface area contributed by atoms with Crippen LogP contribution in [0.2, 0.25) is 17.1 Å².